The summed E-state index contributed by atoms with van der Waals surface area (Å²) in [6, 6.07) is 11.0. The number of halogens is 4. The van der Waals surface area contributed by atoms with Crippen molar-refractivity contribution in [3.05, 3.63) is 69.1 Å². The highest BCUT2D eigenvalue weighted by molar-refractivity contribution is 6.52. The van der Waals surface area contributed by atoms with Crippen LogP contribution in [0, 0.1) is 5.82 Å². The van der Waals surface area contributed by atoms with Crippen molar-refractivity contribution in [2.45, 2.75) is 0 Å². The fraction of sp³-hybridized carbons (Fsp3) is 0.200. The fourth-order valence-electron chi connectivity index (χ4n) is 3.50. The van der Waals surface area contributed by atoms with Crippen LogP contribution in [-0.2, 0) is 9.59 Å². The van der Waals surface area contributed by atoms with E-state index < -0.39 is 11.8 Å². The molecule has 0 N–H and O–H groups in total. The Morgan fingerprint density at radius 2 is 1.45 bits per heavy atom. The van der Waals surface area contributed by atoms with E-state index in [-0.39, 0.29) is 21.6 Å². The highest BCUT2D eigenvalue weighted by Gasteiger charge is 2.42. The van der Waals surface area contributed by atoms with Gasteiger partial charge in [0, 0.05) is 26.2 Å². The molecule has 0 bridgehead atoms. The lowest BCUT2D eigenvalue weighted by atomic mass is 10.2. The molecule has 0 radical (unpaired) electrons. The van der Waals surface area contributed by atoms with Crippen LogP contribution in [0.4, 0.5) is 15.8 Å². The Kier molecular flexibility index (Phi) is 5.42. The molecule has 1 fully saturated rings. The second-order valence-electron chi connectivity index (χ2n) is 6.63. The van der Waals surface area contributed by atoms with Gasteiger partial charge in [0.05, 0.1) is 21.4 Å². The van der Waals surface area contributed by atoms with E-state index in [2.05, 4.69) is 0 Å². The smallest absolute Gasteiger partial charge is 0.283 e. The molecule has 4 rings (SSSR count). The Labute approximate surface area is 181 Å². The van der Waals surface area contributed by atoms with E-state index in [0.29, 0.717) is 42.6 Å². The summed E-state index contributed by atoms with van der Waals surface area (Å²) in [4.78, 5) is 30.3. The zero-order valence-electron chi connectivity index (χ0n) is 15.0. The van der Waals surface area contributed by atoms with Gasteiger partial charge >= 0.3 is 0 Å². The predicted octanol–water partition coefficient (Wildman–Crippen LogP) is 4.28. The van der Waals surface area contributed by atoms with Crippen molar-refractivity contribution in [1.82, 2.24) is 4.90 Å². The third-order valence-electron chi connectivity index (χ3n) is 4.95. The Bertz CT molecular complexity index is 1040. The molecule has 0 aromatic heterocycles. The van der Waals surface area contributed by atoms with E-state index in [4.69, 9.17) is 34.8 Å². The molecule has 150 valence electrons. The SMILES string of the molecule is O=C1C(Cl)=C(N2CCN(c3ccccc3F)CC2)C(=O)N1c1ccc(Cl)c(Cl)c1. The normalized spacial score (nSPS) is 17.6. The standard InChI is InChI=1S/C20H15Cl3FN3O2/c21-13-6-5-12(11-14(13)22)27-19(28)17(23)18(20(27)29)26-9-7-25(8-10-26)16-4-2-1-3-15(16)24/h1-6,11H,7-10H2. The third kappa shape index (κ3) is 3.56. The minimum atomic E-state index is -0.610. The molecule has 2 aliphatic heterocycles. The summed E-state index contributed by atoms with van der Waals surface area (Å²) >= 11 is 18.2. The number of amides is 2. The fourth-order valence-corrected chi connectivity index (χ4v) is 4.08. The molecular weight excluding hydrogens is 440 g/mol. The Hall–Kier alpha value is -2.28. The van der Waals surface area contributed by atoms with Gasteiger partial charge in [-0.2, -0.15) is 0 Å². The number of anilines is 2. The van der Waals surface area contributed by atoms with E-state index >= 15 is 0 Å². The van der Waals surface area contributed by atoms with Crippen molar-refractivity contribution in [2.24, 2.45) is 0 Å². The van der Waals surface area contributed by atoms with Crippen molar-refractivity contribution in [2.75, 3.05) is 36.0 Å². The molecule has 0 aliphatic carbocycles. The number of hydrogen-bond donors (Lipinski definition) is 0. The van der Waals surface area contributed by atoms with Gasteiger partial charge in [-0.15, -0.1) is 0 Å². The van der Waals surface area contributed by atoms with Crippen LogP contribution in [0.2, 0.25) is 10.0 Å². The van der Waals surface area contributed by atoms with Crippen LogP contribution in [0.5, 0.6) is 0 Å². The highest BCUT2D eigenvalue weighted by Crippen LogP contribution is 2.35. The second-order valence-corrected chi connectivity index (χ2v) is 7.82. The summed E-state index contributed by atoms with van der Waals surface area (Å²) < 4.78 is 14.0. The third-order valence-corrected chi connectivity index (χ3v) is 6.03. The predicted molar refractivity (Wildman–Crippen MR) is 112 cm³/mol. The van der Waals surface area contributed by atoms with Crippen molar-refractivity contribution >= 4 is 58.0 Å². The van der Waals surface area contributed by atoms with E-state index in [9.17, 15) is 14.0 Å². The number of carbonyl (C=O) groups excluding carboxylic acids is 2. The molecular formula is C20H15Cl3FN3O2. The molecule has 2 aromatic rings. The van der Waals surface area contributed by atoms with Crippen LogP contribution in [0.1, 0.15) is 0 Å². The first-order valence-electron chi connectivity index (χ1n) is 8.86. The quantitative estimate of drug-likeness (QED) is 0.650. The molecule has 0 spiro atoms. The maximum Gasteiger partial charge on any atom is 0.283 e. The van der Waals surface area contributed by atoms with Crippen LogP contribution >= 0.6 is 34.8 Å². The van der Waals surface area contributed by atoms with Crippen LogP contribution in [0.15, 0.2) is 53.2 Å². The van der Waals surface area contributed by atoms with Gasteiger partial charge in [-0.05, 0) is 30.3 Å². The number of carbonyl (C=O) groups is 2. The summed E-state index contributed by atoms with van der Waals surface area (Å²) in [5, 5.41) is 0.409. The van der Waals surface area contributed by atoms with Crippen LogP contribution in [0.3, 0.4) is 0 Å². The molecule has 2 aromatic carbocycles. The van der Waals surface area contributed by atoms with Crippen molar-refractivity contribution in [1.29, 1.82) is 0 Å². The number of para-hydroxylation sites is 1. The second kappa shape index (κ2) is 7.86. The molecule has 2 heterocycles. The van der Waals surface area contributed by atoms with Crippen LogP contribution in [0.25, 0.3) is 0 Å². The lowest BCUT2D eigenvalue weighted by molar-refractivity contribution is -0.121. The molecule has 29 heavy (non-hydrogen) atoms. The molecule has 1 saturated heterocycles. The molecule has 0 saturated carbocycles. The van der Waals surface area contributed by atoms with Crippen molar-refractivity contribution < 1.29 is 14.0 Å². The Balaban J connectivity index is 1.53. The summed E-state index contributed by atoms with van der Waals surface area (Å²) in [6.45, 7) is 1.83. The Morgan fingerprint density at radius 3 is 2.10 bits per heavy atom. The first-order valence-corrected chi connectivity index (χ1v) is 10.00. The van der Waals surface area contributed by atoms with Crippen LogP contribution < -0.4 is 9.80 Å². The number of nitrogens with zero attached hydrogens (tertiary/aromatic N) is 3. The van der Waals surface area contributed by atoms with Crippen molar-refractivity contribution in [3.8, 4) is 0 Å². The van der Waals surface area contributed by atoms with E-state index in [0.717, 1.165) is 4.90 Å². The van der Waals surface area contributed by atoms with Gasteiger partial charge in [0.1, 0.15) is 16.5 Å². The van der Waals surface area contributed by atoms with E-state index in [1.807, 2.05) is 4.90 Å². The minimum absolute atomic E-state index is 0.139. The summed E-state index contributed by atoms with van der Waals surface area (Å²) in [5.74, 6) is -1.42. The number of piperazine rings is 1. The van der Waals surface area contributed by atoms with E-state index in [1.54, 1.807) is 23.1 Å². The lowest BCUT2D eigenvalue weighted by Crippen LogP contribution is -2.48. The highest BCUT2D eigenvalue weighted by atomic mass is 35.5. The average molecular weight is 455 g/mol. The van der Waals surface area contributed by atoms with Gasteiger partial charge < -0.3 is 9.80 Å². The molecule has 0 unspecified atom stereocenters. The number of rotatable bonds is 3. The Morgan fingerprint density at radius 1 is 0.793 bits per heavy atom. The summed E-state index contributed by atoms with van der Waals surface area (Å²) in [5.41, 5.74) is 0.960. The number of benzene rings is 2. The monoisotopic (exact) mass is 453 g/mol. The summed E-state index contributed by atoms with van der Waals surface area (Å²) in [6.07, 6.45) is 0. The van der Waals surface area contributed by atoms with Crippen LogP contribution in [-0.4, -0.2) is 42.9 Å². The maximum atomic E-state index is 14.0. The van der Waals surface area contributed by atoms with Crippen molar-refractivity contribution in [3.63, 3.8) is 0 Å². The number of hydrogen-bond acceptors (Lipinski definition) is 4. The molecule has 5 nitrogen and oxygen atoms in total. The zero-order valence-corrected chi connectivity index (χ0v) is 17.3. The maximum absolute atomic E-state index is 14.0. The van der Waals surface area contributed by atoms with Gasteiger partial charge in [-0.25, -0.2) is 9.29 Å². The van der Waals surface area contributed by atoms with Gasteiger partial charge in [-0.1, -0.05) is 46.9 Å². The largest absolute Gasteiger partial charge is 0.366 e. The number of imide groups is 1. The minimum Gasteiger partial charge on any atom is -0.366 e. The lowest BCUT2D eigenvalue weighted by Gasteiger charge is -2.37. The molecule has 9 heteroatoms. The van der Waals surface area contributed by atoms with E-state index in [1.165, 1.54) is 24.3 Å². The van der Waals surface area contributed by atoms with Gasteiger partial charge in [-0.3, -0.25) is 9.59 Å². The van der Waals surface area contributed by atoms with Gasteiger partial charge in [0.15, 0.2) is 0 Å². The topological polar surface area (TPSA) is 43.9 Å². The molecule has 2 aliphatic rings. The zero-order chi connectivity index (χ0) is 20.7. The average Bonchev–Trinajstić information content (AvgIpc) is 2.93. The molecule has 0 atom stereocenters. The van der Waals surface area contributed by atoms with Gasteiger partial charge in [0.2, 0.25) is 0 Å². The summed E-state index contributed by atoms with van der Waals surface area (Å²) in [7, 11) is 0. The van der Waals surface area contributed by atoms with Gasteiger partial charge in [0.25, 0.3) is 11.8 Å². The molecule has 2 amide bonds. The first kappa shape index (κ1) is 20.0. The first-order chi connectivity index (χ1) is 13.9.